The predicted molar refractivity (Wildman–Crippen MR) is 156 cm³/mol. The van der Waals surface area contributed by atoms with Crippen LogP contribution in [0.5, 0.6) is 0 Å². The fourth-order valence-electron chi connectivity index (χ4n) is 3.84. The molecule has 0 saturated carbocycles. The first-order chi connectivity index (χ1) is 19.9. The number of aryl methyl sites for hydroxylation is 2. The zero-order chi connectivity index (χ0) is 30.6. The summed E-state index contributed by atoms with van der Waals surface area (Å²) in [7, 11) is -5.34. The van der Waals surface area contributed by atoms with Crippen molar-refractivity contribution in [1.29, 1.82) is 0 Å². The Morgan fingerprint density at radius 3 is 1.62 bits per heavy atom. The van der Waals surface area contributed by atoms with E-state index in [2.05, 4.69) is 0 Å². The first-order valence-electron chi connectivity index (χ1n) is 12.0. The fourth-order valence-corrected chi connectivity index (χ4v) is 6.19. The molecular formula is C28H21N3O9S2. The van der Waals surface area contributed by atoms with Crippen LogP contribution >= 0.6 is 11.8 Å². The third-order valence-electron chi connectivity index (χ3n) is 5.88. The molecule has 0 bridgehead atoms. The second-order valence-corrected chi connectivity index (χ2v) is 11.5. The molecule has 4 aromatic rings. The molecule has 0 atom stereocenters. The van der Waals surface area contributed by atoms with Crippen molar-refractivity contribution in [2.75, 3.05) is 0 Å². The minimum absolute atomic E-state index is 0.255. The van der Waals surface area contributed by atoms with Gasteiger partial charge in [0.25, 0.3) is 10.6 Å². The number of hydrogen-bond acceptors (Lipinski definition) is 10. The van der Waals surface area contributed by atoms with Gasteiger partial charge in [-0.05, 0) is 31.5 Å². The molecule has 0 aliphatic carbocycles. The number of thioether (sulfide) groups is 1. The predicted octanol–water partition coefficient (Wildman–Crippen LogP) is 7.05. The van der Waals surface area contributed by atoms with Crippen molar-refractivity contribution < 1.29 is 27.4 Å². The van der Waals surface area contributed by atoms with Crippen molar-refractivity contribution in [2.24, 2.45) is 0 Å². The molecule has 14 heteroatoms. The van der Waals surface area contributed by atoms with E-state index in [9.17, 15) is 38.8 Å². The number of benzene rings is 4. The Bertz CT molecular complexity index is 1790. The Kier molecular flexibility index (Phi) is 8.68. The highest BCUT2D eigenvalue weighted by Crippen LogP contribution is 2.44. The lowest BCUT2D eigenvalue weighted by molar-refractivity contribution is -0.407. The quantitative estimate of drug-likeness (QED) is 0.0454. The molecule has 0 amide bonds. The van der Waals surface area contributed by atoms with Gasteiger partial charge in [0.1, 0.15) is 0 Å². The molecule has 0 radical (unpaired) electrons. The average Bonchev–Trinajstić information content (AvgIpc) is 2.95. The van der Waals surface area contributed by atoms with E-state index in [1.165, 1.54) is 0 Å². The maximum absolute atomic E-state index is 13.8. The molecule has 0 aliphatic heterocycles. The Balaban J connectivity index is 2.04. The van der Waals surface area contributed by atoms with Crippen molar-refractivity contribution in [3.05, 3.63) is 144 Å². The Hall–Kier alpha value is -5.08. The standard InChI is InChI=1S/C28H21N3O9S2/c1-18-8-12-20(13-9-18)26(27(21-14-10-19(2)11-15-21)41-23-6-4-3-5-7-23)40-42(38,39)28-24(30(34)35)16-22(29(32)33)17-25(28)31(36)37/h3-17H,1-2H3/b27-26-. The molecule has 0 spiro atoms. The zero-order valence-electron chi connectivity index (χ0n) is 22.0. The lowest BCUT2D eigenvalue weighted by atomic mass is 10.1. The van der Waals surface area contributed by atoms with Crippen molar-refractivity contribution >= 4 is 49.6 Å². The Labute approximate surface area is 243 Å². The van der Waals surface area contributed by atoms with Crippen LogP contribution in [0.4, 0.5) is 17.1 Å². The fraction of sp³-hybridized carbons (Fsp3) is 0.0714. The molecule has 0 unspecified atom stereocenters. The van der Waals surface area contributed by atoms with E-state index in [0.29, 0.717) is 27.5 Å². The minimum atomic E-state index is -5.34. The van der Waals surface area contributed by atoms with Crippen molar-refractivity contribution in [2.45, 2.75) is 23.6 Å². The van der Waals surface area contributed by atoms with Gasteiger partial charge in [-0.1, -0.05) is 89.6 Å². The summed E-state index contributed by atoms with van der Waals surface area (Å²) < 4.78 is 33.2. The maximum Gasteiger partial charge on any atom is 0.353 e. The summed E-state index contributed by atoms with van der Waals surface area (Å²) in [6.45, 7) is 3.68. The van der Waals surface area contributed by atoms with E-state index >= 15 is 0 Å². The van der Waals surface area contributed by atoms with Crippen LogP contribution in [0.15, 0.2) is 101 Å². The number of non-ortho nitro benzene ring substituents is 1. The van der Waals surface area contributed by atoms with Crippen LogP contribution in [0, 0.1) is 44.2 Å². The van der Waals surface area contributed by atoms with Gasteiger partial charge in [-0.2, -0.15) is 8.42 Å². The smallest absolute Gasteiger partial charge is 0.353 e. The summed E-state index contributed by atoms with van der Waals surface area (Å²) in [4.78, 5) is 31.0. The van der Waals surface area contributed by atoms with Crippen molar-refractivity contribution in [3.63, 3.8) is 0 Å². The van der Waals surface area contributed by atoms with Crippen molar-refractivity contribution in [1.82, 2.24) is 0 Å². The van der Waals surface area contributed by atoms with Crippen molar-refractivity contribution in [3.8, 4) is 0 Å². The third kappa shape index (κ3) is 6.62. The SMILES string of the molecule is Cc1ccc(/C(OS(=O)(=O)c2c([N+](=O)[O-])cc([N+](=O)[O-])cc2[N+](=O)[O-])=C(/Sc2ccccc2)c2ccc(C)cc2)cc1. The highest BCUT2D eigenvalue weighted by molar-refractivity contribution is 8.08. The molecule has 4 rings (SSSR count). The van der Waals surface area contributed by atoms with E-state index in [0.717, 1.165) is 22.9 Å². The molecule has 214 valence electrons. The molecule has 12 nitrogen and oxygen atoms in total. The highest BCUT2D eigenvalue weighted by Gasteiger charge is 2.41. The second-order valence-electron chi connectivity index (χ2n) is 8.93. The van der Waals surface area contributed by atoms with Crippen LogP contribution in [0.2, 0.25) is 0 Å². The highest BCUT2D eigenvalue weighted by atomic mass is 32.2. The average molecular weight is 608 g/mol. The number of nitrogens with zero attached hydrogens (tertiary/aromatic N) is 3. The second kappa shape index (κ2) is 12.2. The lowest BCUT2D eigenvalue weighted by Crippen LogP contribution is -2.13. The number of nitro groups is 3. The summed E-state index contributed by atoms with van der Waals surface area (Å²) in [5.41, 5.74) is -1.20. The maximum atomic E-state index is 13.8. The summed E-state index contributed by atoms with van der Waals surface area (Å²) in [5.74, 6) is -0.255. The van der Waals surface area contributed by atoms with E-state index in [4.69, 9.17) is 4.18 Å². The molecule has 0 heterocycles. The molecule has 0 saturated heterocycles. The zero-order valence-corrected chi connectivity index (χ0v) is 23.6. The van der Waals surface area contributed by atoms with Gasteiger partial charge in [0, 0.05) is 10.5 Å². The van der Waals surface area contributed by atoms with Crippen LogP contribution in [0.1, 0.15) is 22.3 Å². The largest absolute Gasteiger partial charge is 0.377 e. The van der Waals surface area contributed by atoms with Gasteiger partial charge in [-0.25, -0.2) is 0 Å². The summed E-state index contributed by atoms with van der Waals surface area (Å²) in [5, 5.41) is 35.0. The van der Waals surface area contributed by atoms with E-state index in [1.807, 2.05) is 13.8 Å². The molecular weight excluding hydrogens is 586 g/mol. The number of rotatable bonds is 10. The summed E-state index contributed by atoms with van der Waals surface area (Å²) in [6, 6.07) is 23.2. The Morgan fingerprint density at radius 2 is 1.17 bits per heavy atom. The van der Waals surface area contributed by atoms with E-state index in [1.54, 1.807) is 78.9 Å². The van der Waals surface area contributed by atoms with Gasteiger partial charge in [0.15, 0.2) is 5.76 Å². The van der Waals surface area contributed by atoms with E-state index in [-0.39, 0.29) is 11.3 Å². The monoisotopic (exact) mass is 607 g/mol. The molecule has 0 aromatic heterocycles. The summed E-state index contributed by atoms with van der Waals surface area (Å²) in [6.07, 6.45) is 0. The van der Waals surface area contributed by atoms with Gasteiger partial charge in [0.2, 0.25) is 0 Å². The van der Waals surface area contributed by atoms with Crippen LogP contribution in [0.25, 0.3) is 10.7 Å². The van der Waals surface area contributed by atoms with Crippen LogP contribution in [-0.4, -0.2) is 23.2 Å². The third-order valence-corrected chi connectivity index (χ3v) is 8.32. The van der Waals surface area contributed by atoms with Gasteiger partial charge in [-0.15, -0.1) is 0 Å². The Morgan fingerprint density at radius 1 is 0.690 bits per heavy atom. The summed E-state index contributed by atoms with van der Waals surface area (Å²) >= 11 is 1.15. The lowest BCUT2D eigenvalue weighted by Gasteiger charge is -2.17. The normalized spacial score (nSPS) is 11.9. The number of hydrogen-bond donors (Lipinski definition) is 0. The topological polar surface area (TPSA) is 173 Å². The first kappa shape index (κ1) is 29.9. The number of nitro benzene ring substituents is 3. The van der Waals surface area contributed by atoms with Crippen LogP contribution in [0.3, 0.4) is 0 Å². The molecule has 4 aromatic carbocycles. The molecule has 0 N–H and O–H groups in total. The minimum Gasteiger partial charge on any atom is -0.377 e. The first-order valence-corrected chi connectivity index (χ1v) is 14.3. The van der Waals surface area contributed by atoms with Crippen LogP contribution < -0.4 is 0 Å². The van der Waals surface area contributed by atoms with E-state index < -0.39 is 46.8 Å². The van der Waals surface area contributed by atoms with Gasteiger partial charge >= 0.3 is 21.5 Å². The van der Waals surface area contributed by atoms with Crippen LogP contribution in [-0.2, 0) is 14.3 Å². The van der Waals surface area contributed by atoms with Gasteiger partial charge < -0.3 is 4.18 Å². The molecule has 0 aliphatic rings. The van der Waals surface area contributed by atoms with Gasteiger partial charge in [-0.3, -0.25) is 30.3 Å². The molecule has 0 fully saturated rings. The van der Waals surface area contributed by atoms with Gasteiger partial charge in [0.05, 0.1) is 31.8 Å². The molecule has 42 heavy (non-hydrogen) atoms.